The summed E-state index contributed by atoms with van der Waals surface area (Å²) in [5.74, 6) is -0.330. The molecule has 0 fully saturated rings. The van der Waals surface area contributed by atoms with Gasteiger partial charge in [0.05, 0.1) is 16.1 Å². The predicted molar refractivity (Wildman–Crippen MR) is 81.0 cm³/mol. The van der Waals surface area contributed by atoms with Crippen molar-refractivity contribution in [2.45, 2.75) is 6.92 Å². The van der Waals surface area contributed by atoms with E-state index in [9.17, 15) is 4.39 Å². The lowest BCUT2D eigenvalue weighted by Gasteiger charge is -2.11. The molecule has 0 aliphatic rings. The second kappa shape index (κ2) is 5.72. The summed E-state index contributed by atoms with van der Waals surface area (Å²) in [6, 6.07) is 10.5. The van der Waals surface area contributed by atoms with E-state index in [0.717, 1.165) is 15.7 Å². The third-order valence-corrected chi connectivity index (χ3v) is 3.64. The third-order valence-electron chi connectivity index (χ3n) is 2.57. The molecule has 0 aliphatic heterocycles. The number of benzene rings is 2. The van der Waals surface area contributed by atoms with Gasteiger partial charge in [0.1, 0.15) is 5.82 Å². The summed E-state index contributed by atoms with van der Waals surface area (Å²) >= 11 is 6.49. The van der Waals surface area contributed by atoms with Gasteiger partial charge in [-0.15, -0.1) is 0 Å². The van der Waals surface area contributed by atoms with Crippen LogP contribution in [0.2, 0.25) is 0 Å². The van der Waals surface area contributed by atoms with Crippen LogP contribution < -0.4 is 5.32 Å². The van der Waals surface area contributed by atoms with Gasteiger partial charge < -0.3 is 5.32 Å². The molecule has 19 heavy (non-hydrogen) atoms. The maximum atomic E-state index is 13.5. The first-order valence-corrected chi connectivity index (χ1v) is 7.01. The predicted octanol–water partition coefficient (Wildman–Crippen LogP) is 5.27. The Morgan fingerprint density at radius 3 is 2.58 bits per heavy atom. The van der Waals surface area contributed by atoms with Crippen molar-refractivity contribution >= 4 is 43.2 Å². The zero-order chi connectivity index (χ0) is 14.0. The molecule has 5 heteroatoms. The minimum atomic E-state index is -0.330. The highest BCUT2D eigenvalue weighted by Crippen LogP contribution is 2.28. The summed E-state index contributed by atoms with van der Waals surface area (Å²) in [6.07, 6.45) is 0. The molecule has 2 aromatic carbocycles. The molecule has 0 saturated heterocycles. The van der Waals surface area contributed by atoms with Crippen LogP contribution >= 0.6 is 31.9 Å². The lowest BCUT2D eigenvalue weighted by molar-refractivity contribution is 0.621. The van der Waals surface area contributed by atoms with Crippen LogP contribution in [0.15, 0.2) is 39.3 Å². The van der Waals surface area contributed by atoms with E-state index in [2.05, 4.69) is 43.2 Å². The third kappa shape index (κ3) is 3.34. The fraction of sp³-hybridized carbons (Fsp3) is 0.0714. The van der Waals surface area contributed by atoms with Crippen LogP contribution in [0.4, 0.5) is 15.8 Å². The zero-order valence-corrected chi connectivity index (χ0v) is 13.1. The Kier molecular flexibility index (Phi) is 4.23. The average Bonchev–Trinajstić information content (AvgIpc) is 2.35. The largest absolute Gasteiger partial charge is 0.355 e. The van der Waals surface area contributed by atoms with Gasteiger partial charge >= 0.3 is 0 Å². The van der Waals surface area contributed by atoms with Crippen molar-refractivity contribution in [2.24, 2.45) is 0 Å². The van der Waals surface area contributed by atoms with Gasteiger partial charge in [-0.2, -0.15) is 5.26 Å². The molecule has 0 atom stereocenters. The number of anilines is 2. The van der Waals surface area contributed by atoms with Gasteiger partial charge in [0.2, 0.25) is 0 Å². The fourth-order valence-electron chi connectivity index (χ4n) is 1.66. The summed E-state index contributed by atoms with van der Waals surface area (Å²) in [5, 5.41) is 12.0. The Labute approximate surface area is 127 Å². The Morgan fingerprint density at radius 2 is 1.89 bits per heavy atom. The van der Waals surface area contributed by atoms with Gasteiger partial charge in [-0.1, -0.05) is 15.9 Å². The number of rotatable bonds is 2. The standard InChI is InChI=1S/C14H9Br2FN2/c1-8-2-12(16)13(17)6-14(8)19-11-4-9(7-18)3-10(15)5-11/h2-6,19H,1H3. The maximum absolute atomic E-state index is 13.5. The van der Waals surface area contributed by atoms with Crippen LogP contribution in [-0.2, 0) is 0 Å². The first-order chi connectivity index (χ1) is 8.99. The number of aryl methyl sites for hydroxylation is 1. The Morgan fingerprint density at radius 1 is 1.16 bits per heavy atom. The number of nitrogens with one attached hydrogen (secondary N) is 1. The fourth-order valence-corrected chi connectivity index (χ4v) is 2.61. The lowest BCUT2D eigenvalue weighted by atomic mass is 10.1. The van der Waals surface area contributed by atoms with E-state index in [1.165, 1.54) is 6.07 Å². The molecule has 0 amide bonds. The van der Waals surface area contributed by atoms with E-state index in [4.69, 9.17) is 5.26 Å². The molecule has 0 saturated carbocycles. The zero-order valence-electron chi connectivity index (χ0n) is 9.97. The molecule has 0 spiro atoms. The topological polar surface area (TPSA) is 35.8 Å². The van der Waals surface area contributed by atoms with Crippen molar-refractivity contribution in [1.29, 1.82) is 5.26 Å². The molecule has 0 aromatic heterocycles. The minimum Gasteiger partial charge on any atom is -0.355 e. The monoisotopic (exact) mass is 382 g/mol. The Bertz CT molecular complexity index is 678. The smallest absolute Gasteiger partial charge is 0.139 e. The molecule has 0 heterocycles. The van der Waals surface area contributed by atoms with Gasteiger partial charge in [-0.3, -0.25) is 0 Å². The highest BCUT2D eigenvalue weighted by atomic mass is 79.9. The molecule has 2 aromatic rings. The molecule has 0 unspecified atom stereocenters. The van der Waals surface area contributed by atoms with Gasteiger partial charge in [0.15, 0.2) is 0 Å². The molecule has 0 bridgehead atoms. The van der Waals surface area contributed by atoms with Crippen molar-refractivity contribution in [1.82, 2.24) is 0 Å². The Hall–Kier alpha value is -1.38. The van der Waals surface area contributed by atoms with Crippen LogP contribution in [0.1, 0.15) is 11.1 Å². The van der Waals surface area contributed by atoms with Crippen LogP contribution in [0.3, 0.4) is 0 Å². The van der Waals surface area contributed by atoms with Crippen LogP contribution in [0.5, 0.6) is 0 Å². The van der Waals surface area contributed by atoms with Gasteiger partial charge in [-0.25, -0.2) is 4.39 Å². The maximum Gasteiger partial charge on any atom is 0.139 e. The number of hydrogen-bond donors (Lipinski definition) is 1. The van der Waals surface area contributed by atoms with Gasteiger partial charge in [-0.05, 0) is 58.7 Å². The summed E-state index contributed by atoms with van der Waals surface area (Å²) in [5.41, 5.74) is 2.84. The quantitative estimate of drug-likeness (QED) is 0.766. The van der Waals surface area contributed by atoms with E-state index < -0.39 is 0 Å². The SMILES string of the molecule is Cc1cc(Br)c(F)cc1Nc1cc(Br)cc(C#N)c1. The molecular formula is C14H9Br2FN2. The van der Waals surface area contributed by atoms with Crippen molar-refractivity contribution in [3.8, 4) is 6.07 Å². The van der Waals surface area contributed by atoms with Crippen molar-refractivity contribution in [3.63, 3.8) is 0 Å². The Balaban J connectivity index is 2.39. The molecule has 96 valence electrons. The van der Waals surface area contributed by atoms with Crippen LogP contribution in [0.25, 0.3) is 0 Å². The number of halogens is 3. The van der Waals surface area contributed by atoms with Crippen molar-refractivity contribution in [3.05, 3.63) is 56.2 Å². The molecular weight excluding hydrogens is 375 g/mol. The average molecular weight is 384 g/mol. The first kappa shape index (κ1) is 14.0. The van der Waals surface area contributed by atoms with Gasteiger partial charge in [0.25, 0.3) is 0 Å². The van der Waals surface area contributed by atoms with E-state index in [-0.39, 0.29) is 5.82 Å². The lowest BCUT2D eigenvalue weighted by Crippen LogP contribution is -1.95. The van der Waals surface area contributed by atoms with Crippen LogP contribution in [-0.4, -0.2) is 0 Å². The number of nitrogens with zero attached hydrogens (tertiary/aromatic N) is 1. The van der Waals surface area contributed by atoms with Crippen molar-refractivity contribution in [2.75, 3.05) is 5.32 Å². The van der Waals surface area contributed by atoms with Gasteiger partial charge in [0, 0.05) is 15.8 Å². The summed E-state index contributed by atoms with van der Waals surface area (Å²) in [4.78, 5) is 0. The highest BCUT2D eigenvalue weighted by molar-refractivity contribution is 9.10. The normalized spacial score (nSPS) is 10.1. The van der Waals surface area contributed by atoms with E-state index in [1.54, 1.807) is 18.2 Å². The minimum absolute atomic E-state index is 0.330. The molecule has 2 nitrogen and oxygen atoms in total. The van der Waals surface area contributed by atoms with E-state index in [0.29, 0.717) is 15.7 Å². The second-order valence-corrected chi connectivity index (χ2v) is 5.82. The van der Waals surface area contributed by atoms with E-state index >= 15 is 0 Å². The van der Waals surface area contributed by atoms with Crippen LogP contribution in [0, 0.1) is 24.1 Å². The van der Waals surface area contributed by atoms with E-state index in [1.807, 2.05) is 13.0 Å². The second-order valence-electron chi connectivity index (χ2n) is 4.05. The first-order valence-electron chi connectivity index (χ1n) is 5.43. The molecule has 1 N–H and O–H groups in total. The summed E-state index contributed by atoms with van der Waals surface area (Å²) < 4.78 is 14.8. The number of nitriles is 1. The highest BCUT2D eigenvalue weighted by Gasteiger charge is 2.06. The molecule has 0 radical (unpaired) electrons. The molecule has 0 aliphatic carbocycles. The summed E-state index contributed by atoms with van der Waals surface area (Å²) in [6.45, 7) is 1.88. The summed E-state index contributed by atoms with van der Waals surface area (Å²) in [7, 11) is 0. The number of hydrogen-bond acceptors (Lipinski definition) is 2. The molecule has 2 rings (SSSR count). The van der Waals surface area contributed by atoms with Crippen molar-refractivity contribution < 1.29 is 4.39 Å².